The largest absolute Gasteiger partial charge is 0.399 e. The number of rotatable bonds is 6. The fourth-order valence-corrected chi connectivity index (χ4v) is 4.21. The van der Waals surface area contributed by atoms with Gasteiger partial charge in [-0.2, -0.15) is 0 Å². The molecule has 198 valence electrons. The molecule has 13 heteroatoms. The molecule has 0 saturated carbocycles. The lowest BCUT2D eigenvalue weighted by molar-refractivity contribution is -0.393. The van der Waals surface area contributed by atoms with Crippen LogP contribution in [0, 0.1) is 27.2 Å². The Kier molecular flexibility index (Phi) is 8.31. The van der Waals surface area contributed by atoms with Crippen LogP contribution in [-0.2, 0) is 0 Å². The molecule has 0 aromatic heterocycles. The highest BCUT2D eigenvalue weighted by Crippen LogP contribution is 2.34. The van der Waals surface area contributed by atoms with E-state index in [-0.39, 0.29) is 33.7 Å². The molecule has 0 aliphatic carbocycles. The molecule has 3 aromatic carbocycles. The molecule has 0 fully saturated rings. The number of nitrogen functional groups attached to an aromatic ring is 2. The maximum atomic E-state index is 12.5. The van der Waals surface area contributed by atoms with E-state index in [9.17, 15) is 29.8 Å². The van der Waals surface area contributed by atoms with Crippen LogP contribution in [0.4, 0.5) is 28.4 Å². The molecule has 12 nitrogen and oxygen atoms in total. The quantitative estimate of drug-likeness (QED) is 0.182. The zero-order chi connectivity index (χ0) is 28.3. The summed E-state index contributed by atoms with van der Waals surface area (Å²) in [6, 6.07) is 14.7. The summed E-state index contributed by atoms with van der Waals surface area (Å²) in [4.78, 5) is 47.6. The van der Waals surface area contributed by atoms with Crippen molar-refractivity contribution in [3.8, 4) is 0 Å². The molecule has 1 unspecified atom stereocenters. The fourth-order valence-electron chi connectivity index (χ4n) is 3.77. The van der Waals surface area contributed by atoms with Gasteiger partial charge in [-0.05, 0) is 65.7 Å². The first-order valence-electron chi connectivity index (χ1n) is 11.3. The molecule has 38 heavy (non-hydrogen) atoms. The number of likely N-dealkylation sites (N-methyl/N-ethyl adjacent to an activating group) is 1. The molecule has 4 rings (SSSR count). The van der Waals surface area contributed by atoms with Gasteiger partial charge in [-0.15, -0.1) is 0 Å². The number of hydrogen-bond acceptors (Lipinski definition) is 9. The van der Waals surface area contributed by atoms with Gasteiger partial charge in [-0.25, -0.2) is 0 Å². The summed E-state index contributed by atoms with van der Waals surface area (Å²) in [5, 5.41) is 20.8. The molecular weight excluding hydrogens is 560 g/mol. The van der Waals surface area contributed by atoms with Crippen molar-refractivity contribution in [1.82, 2.24) is 4.90 Å². The zero-order valence-corrected chi connectivity index (χ0v) is 22.3. The summed E-state index contributed by atoms with van der Waals surface area (Å²) in [5.74, 6) is -0.436. The van der Waals surface area contributed by atoms with Crippen LogP contribution in [0.15, 0.2) is 59.1 Å². The molecule has 3 aromatic rings. The van der Waals surface area contributed by atoms with Crippen LogP contribution < -0.4 is 16.4 Å². The highest BCUT2D eigenvalue weighted by Gasteiger charge is 2.36. The van der Waals surface area contributed by atoms with Gasteiger partial charge in [0.05, 0.1) is 31.5 Å². The van der Waals surface area contributed by atoms with E-state index in [1.807, 2.05) is 39.1 Å². The number of aryl methyl sites for hydroxylation is 1. The van der Waals surface area contributed by atoms with E-state index in [1.165, 1.54) is 4.90 Å². The van der Waals surface area contributed by atoms with Gasteiger partial charge < -0.3 is 16.4 Å². The minimum atomic E-state index is -0.771. The van der Waals surface area contributed by atoms with Crippen molar-refractivity contribution in [3.63, 3.8) is 0 Å². The van der Waals surface area contributed by atoms with Gasteiger partial charge in [0, 0.05) is 37.1 Å². The number of nitro benzene ring substituents is 2. The van der Waals surface area contributed by atoms with E-state index < -0.39 is 15.5 Å². The first-order chi connectivity index (χ1) is 17.8. The van der Waals surface area contributed by atoms with E-state index >= 15 is 0 Å². The smallest absolute Gasteiger partial charge is 0.300 e. The zero-order valence-electron chi connectivity index (χ0n) is 20.8. The second-order valence-electron chi connectivity index (χ2n) is 8.64. The Labute approximate surface area is 226 Å². The van der Waals surface area contributed by atoms with Crippen molar-refractivity contribution in [2.24, 2.45) is 0 Å². The van der Waals surface area contributed by atoms with Crippen molar-refractivity contribution >= 4 is 56.2 Å². The van der Waals surface area contributed by atoms with E-state index in [4.69, 9.17) is 11.5 Å². The highest BCUT2D eigenvalue weighted by molar-refractivity contribution is 9.10. The van der Waals surface area contributed by atoms with Gasteiger partial charge in [0.15, 0.2) is 0 Å². The van der Waals surface area contributed by atoms with Gasteiger partial charge >= 0.3 is 0 Å². The lowest BCUT2D eigenvalue weighted by Crippen LogP contribution is -2.43. The third kappa shape index (κ3) is 5.72. The molecule has 4 N–H and O–H groups in total. The molecule has 1 heterocycles. The predicted molar refractivity (Wildman–Crippen MR) is 147 cm³/mol. The summed E-state index contributed by atoms with van der Waals surface area (Å²) in [5.41, 5.74) is 14.0. The molecule has 1 aliphatic heterocycles. The van der Waals surface area contributed by atoms with Gasteiger partial charge in [0.2, 0.25) is 0 Å². The molecule has 1 aliphatic rings. The van der Waals surface area contributed by atoms with Crippen molar-refractivity contribution in [2.45, 2.75) is 19.9 Å². The van der Waals surface area contributed by atoms with Crippen molar-refractivity contribution in [2.75, 3.05) is 30.0 Å². The summed E-state index contributed by atoms with van der Waals surface area (Å²) < 4.78 is 0.137. The Bertz CT molecular complexity index is 1410. The number of hydrogen-bond donors (Lipinski definition) is 2. The number of nitrogens with two attached hydrogens (primary N) is 2. The van der Waals surface area contributed by atoms with E-state index in [0.29, 0.717) is 17.7 Å². The van der Waals surface area contributed by atoms with Crippen LogP contribution in [0.3, 0.4) is 0 Å². The van der Waals surface area contributed by atoms with Crippen molar-refractivity contribution in [1.29, 1.82) is 0 Å². The summed E-state index contributed by atoms with van der Waals surface area (Å²) in [7, 11) is 1.95. The second-order valence-corrected chi connectivity index (χ2v) is 9.50. The van der Waals surface area contributed by atoms with Gasteiger partial charge in [0.1, 0.15) is 5.69 Å². The highest BCUT2D eigenvalue weighted by atomic mass is 79.9. The molecule has 0 saturated heterocycles. The minimum Gasteiger partial charge on any atom is -0.399 e. The second kappa shape index (κ2) is 11.3. The average Bonchev–Trinajstić information content (AvgIpc) is 3.11. The first-order valence-corrected chi connectivity index (χ1v) is 12.0. The van der Waals surface area contributed by atoms with Crippen LogP contribution in [-0.4, -0.2) is 46.2 Å². The van der Waals surface area contributed by atoms with Crippen molar-refractivity contribution < 1.29 is 19.4 Å². The van der Waals surface area contributed by atoms with E-state index in [1.54, 1.807) is 24.3 Å². The normalized spacial score (nSPS) is 12.9. The number of non-ortho nitro benzene ring substituents is 1. The number of imide groups is 1. The Balaban J connectivity index is 0.000000244. The number of nitro groups is 2. The van der Waals surface area contributed by atoms with Gasteiger partial charge in [0.25, 0.3) is 23.2 Å². The van der Waals surface area contributed by atoms with E-state index in [2.05, 4.69) is 20.8 Å². The number of benzene rings is 3. The molecule has 0 radical (unpaired) electrons. The average molecular weight is 585 g/mol. The van der Waals surface area contributed by atoms with Crippen molar-refractivity contribution in [3.05, 3.63) is 96.0 Å². The van der Waals surface area contributed by atoms with Crippen LogP contribution in [0.5, 0.6) is 0 Å². The fraction of sp³-hybridized carbons (Fsp3) is 0.200. The molecule has 0 spiro atoms. The number of nitrogens with zero attached hydrogens (tertiary/aromatic N) is 4. The Hall–Kier alpha value is -4.52. The third-order valence-electron chi connectivity index (χ3n) is 6.15. The molecule has 0 bridgehead atoms. The van der Waals surface area contributed by atoms with Crippen LogP contribution in [0.25, 0.3) is 0 Å². The third-order valence-corrected chi connectivity index (χ3v) is 6.80. The molecular formula is C25H25BrN6O6. The summed E-state index contributed by atoms with van der Waals surface area (Å²) in [6.45, 7) is 4.29. The lowest BCUT2D eigenvalue weighted by atomic mass is 10.1. The summed E-state index contributed by atoms with van der Waals surface area (Å²) >= 11 is 2.90. The number of halogens is 1. The lowest BCUT2D eigenvalue weighted by Gasteiger charge is -2.30. The number of amides is 2. The predicted octanol–water partition coefficient (Wildman–Crippen LogP) is 4.55. The standard InChI is InChI=1S/C19H21N3O2.C6H4BrN3O4/c1-12-10-14(8-9-17(12)20)21(3)13(2)11-22-18(23)15-6-4-5-7-16(15)19(22)24;7-4-1-3(9(11)12)2-5(6(4)8)10(13)14/h4-10,13H,11,20H2,1-3H3;1-2H,8H2. The monoisotopic (exact) mass is 584 g/mol. The SMILES string of the molecule is Cc1cc(N(C)C(C)CN2C(=O)c3ccccc3C2=O)ccc1N.Nc1c(Br)cc([N+](=O)[O-])cc1[N+](=O)[O-]. The van der Waals surface area contributed by atoms with Gasteiger partial charge in [-0.3, -0.25) is 34.7 Å². The maximum absolute atomic E-state index is 12.5. The Morgan fingerprint density at radius 2 is 1.55 bits per heavy atom. The topological polar surface area (TPSA) is 179 Å². The Morgan fingerprint density at radius 3 is 2.05 bits per heavy atom. The summed E-state index contributed by atoms with van der Waals surface area (Å²) in [6.07, 6.45) is 0. The Morgan fingerprint density at radius 1 is 0.974 bits per heavy atom. The first kappa shape index (κ1) is 28.1. The van der Waals surface area contributed by atoms with E-state index in [0.717, 1.165) is 29.1 Å². The number of anilines is 3. The van der Waals surface area contributed by atoms with Crippen LogP contribution >= 0.6 is 15.9 Å². The van der Waals surface area contributed by atoms with Crippen LogP contribution in [0.1, 0.15) is 33.2 Å². The maximum Gasteiger partial charge on any atom is 0.300 e. The molecule has 2 amide bonds. The minimum absolute atomic E-state index is 0.0183. The van der Waals surface area contributed by atoms with Gasteiger partial charge in [-0.1, -0.05) is 12.1 Å². The number of carbonyl (C=O) groups is 2. The molecule has 1 atom stereocenters. The number of carbonyl (C=O) groups excluding carboxylic acids is 2. The number of fused-ring (bicyclic) bond motifs is 1. The van der Waals surface area contributed by atoms with Crippen LogP contribution in [0.2, 0.25) is 0 Å².